The predicted octanol–water partition coefficient (Wildman–Crippen LogP) is 6.79. The summed E-state index contributed by atoms with van der Waals surface area (Å²) in [4.78, 5) is 12.3. The lowest BCUT2D eigenvalue weighted by atomic mass is 9.73. The van der Waals surface area contributed by atoms with Crippen LogP contribution in [0, 0.1) is 12.8 Å². The average molecular weight is 441 g/mol. The van der Waals surface area contributed by atoms with E-state index in [9.17, 15) is 23.1 Å². The normalized spacial score (nSPS) is 16.2. The summed E-state index contributed by atoms with van der Waals surface area (Å²) in [5, 5.41) is 10.1. The number of ether oxygens (including phenoxy) is 1. The highest BCUT2D eigenvalue weighted by Crippen LogP contribution is 2.47. The molecule has 2 aromatic rings. The van der Waals surface area contributed by atoms with Crippen LogP contribution >= 0.6 is 11.6 Å². The van der Waals surface area contributed by atoms with Gasteiger partial charge in [0.05, 0.1) is 10.4 Å². The van der Waals surface area contributed by atoms with Crippen molar-refractivity contribution in [2.24, 2.45) is 5.92 Å². The Morgan fingerprint density at radius 2 is 1.83 bits per heavy atom. The average Bonchev–Trinajstić information content (AvgIpc) is 3.48. The molecular weight excluding hydrogens is 417 g/mol. The van der Waals surface area contributed by atoms with E-state index in [1.165, 1.54) is 6.07 Å². The van der Waals surface area contributed by atoms with E-state index in [0.29, 0.717) is 35.4 Å². The molecule has 3 rings (SSSR count). The van der Waals surface area contributed by atoms with Crippen LogP contribution in [0.4, 0.5) is 13.2 Å². The zero-order chi connectivity index (χ0) is 22.1. The molecule has 0 aliphatic heterocycles. The van der Waals surface area contributed by atoms with Crippen LogP contribution in [0.1, 0.15) is 43.7 Å². The first kappa shape index (κ1) is 22.5. The molecule has 0 spiro atoms. The molecule has 0 amide bonds. The van der Waals surface area contributed by atoms with Gasteiger partial charge in [-0.25, -0.2) is 0 Å². The number of hydrogen-bond donors (Lipinski definition) is 1. The highest BCUT2D eigenvalue weighted by atomic mass is 35.5. The maximum absolute atomic E-state index is 12.8. The summed E-state index contributed by atoms with van der Waals surface area (Å²) in [7, 11) is 0. The molecule has 30 heavy (non-hydrogen) atoms. The fraction of sp³-hybridized carbons (Fsp3) is 0.435. The number of carboxylic acid groups (broad SMARTS) is 1. The Labute approximate surface area is 178 Å². The van der Waals surface area contributed by atoms with Gasteiger partial charge in [-0.1, -0.05) is 61.2 Å². The largest absolute Gasteiger partial charge is 0.482 e. The molecule has 0 saturated heterocycles. The quantitative estimate of drug-likeness (QED) is 0.491. The van der Waals surface area contributed by atoms with Crippen molar-refractivity contribution in [3.05, 3.63) is 52.5 Å². The van der Waals surface area contributed by atoms with E-state index in [1.807, 2.05) is 26.0 Å². The lowest BCUT2D eigenvalue weighted by Gasteiger charge is -2.30. The van der Waals surface area contributed by atoms with Crippen molar-refractivity contribution in [1.29, 1.82) is 0 Å². The molecule has 2 aromatic carbocycles. The monoisotopic (exact) mass is 440 g/mol. The number of carbonyl (C=O) groups is 1. The van der Waals surface area contributed by atoms with Gasteiger partial charge in [0, 0.05) is 5.56 Å². The Hall–Kier alpha value is -2.21. The summed E-state index contributed by atoms with van der Waals surface area (Å²) in [6, 6.07) is 10.3. The summed E-state index contributed by atoms with van der Waals surface area (Å²) in [5.74, 6) is -0.709. The summed E-state index contributed by atoms with van der Waals surface area (Å²) in [6.07, 6.45) is -1.72. The topological polar surface area (TPSA) is 46.5 Å². The van der Waals surface area contributed by atoms with Crippen molar-refractivity contribution < 1.29 is 27.8 Å². The Morgan fingerprint density at radius 1 is 1.20 bits per heavy atom. The Bertz CT molecular complexity index is 921. The van der Waals surface area contributed by atoms with Gasteiger partial charge in [-0.3, -0.25) is 4.79 Å². The Kier molecular flexibility index (Phi) is 6.37. The molecule has 1 fully saturated rings. The van der Waals surface area contributed by atoms with Crippen molar-refractivity contribution in [2.75, 3.05) is 6.61 Å². The third-order valence-corrected chi connectivity index (χ3v) is 5.97. The molecular formula is C23H24ClF3O3. The van der Waals surface area contributed by atoms with Crippen LogP contribution in [0.2, 0.25) is 5.02 Å². The molecule has 0 radical (unpaired) electrons. The molecule has 1 atom stereocenters. The van der Waals surface area contributed by atoms with Crippen molar-refractivity contribution in [2.45, 2.75) is 51.1 Å². The van der Waals surface area contributed by atoms with Crippen LogP contribution in [0.3, 0.4) is 0 Å². The number of alkyl halides is 3. The maximum atomic E-state index is 12.8. The first-order valence-electron chi connectivity index (χ1n) is 9.90. The van der Waals surface area contributed by atoms with E-state index >= 15 is 0 Å². The lowest BCUT2D eigenvalue weighted by Crippen LogP contribution is -2.36. The van der Waals surface area contributed by atoms with Crippen LogP contribution < -0.4 is 4.74 Å². The zero-order valence-corrected chi connectivity index (χ0v) is 17.6. The molecule has 1 unspecified atom stereocenters. The van der Waals surface area contributed by atoms with Crippen LogP contribution in [0.25, 0.3) is 11.1 Å². The summed E-state index contributed by atoms with van der Waals surface area (Å²) in [6.45, 7) is 2.23. The van der Waals surface area contributed by atoms with Gasteiger partial charge in [-0.05, 0) is 48.9 Å². The minimum Gasteiger partial charge on any atom is -0.482 e. The van der Waals surface area contributed by atoms with Crippen molar-refractivity contribution in [3.63, 3.8) is 0 Å². The molecule has 162 valence electrons. The highest BCUT2D eigenvalue weighted by Gasteiger charge is 2.44. The number of halogens is 4. The number of hydrogen-bond acceptors (Lipinski definition) is 2. The summed E-state index contributed by atoms with van der Waals surface area (Å²) in [5.41, 5.74) is 1.30. The van der Waals surface area contributed by atoms with Crippen molar-refractivity contribution in [3.8, 4) is 16.9 Å². The van der Waals surface area contributed by atoms with Gasteiger partial charge in [0.1, 0.15) is 5.75 Å². The second-order valence-electron chi connectivity index (χ2n) is 7.99. The lowest BCUT2D eigenvalue weighted by molar-refractivity contribution is -0.153. The number of aliphatic carboxylic acids is 1. The molecule has 1 N–H and O–H groups in total. The predicted molar refractivity (Wildman–Crippen MR) is 110 cm³/mol. The van der Waals surface area contributed by atoms with Crippen molar-refractivity contribution in [1.82, 2.24) is 0 Å². The molecule has 1 saturated carbocycles. The molecule has 1 aliphatic rings. The van der Waals surface area contributed by atoms with Crippen LogP contribution in [-0.2, 0) is 10.2 Å². The Balaban J connectivity index is 2.16. The van der Waals surface area contributed by atoms with Gasteiger partial charge < -0.3 is 9.84 Å². The maximum Gasteiger partial charge on any atom is 0.422 e. The SMILES string of the molecule is CCC(CC1CC1)(C(=O)O)c1cc(Cl)c(OCC(F)(F)F)c(-c2ccc(C)cc2)c1. The van der Waals surface area contributed by atoms with Gasteiger partial charge in [0.15, 0.2) is 6.61 Å². The summed E-state index contributed by atoms with van der Waals surface area (Å²) >= 11 is 6.38. The summed E-state index contributed by atoms with van der Waals surface area (Å²) < 4.78 is 43.4. The second-order valence-corrected chi connectivity index (χ2v) is 8.40. The zero-order valence-electron chi connectivity index (χ0n) is 16.9. The smallest absolute Gasteiger partial charge is 0.422 e. The number of carboxylic acids is 1. The molecule has 1 aliphatic carbocycles. The Morgan fingerprint density at radius 3 is 2.33 bits per heavy atom. The third kappa shape index (κ3) is 4.91. The van der Waals surface area contributed by atoms with Crippen molar-refractivity contribution >= 4 is 17.6 Å². The second kappa shape index (κ2) is 8.50. The highest BCUT2D eigenvalue weighted by molar-refractivity contribution is 6.32. The van der Waals surface area contributed by atoms with E-state index in [1.54, 1.807) is 18.2 Å². The van der Waals surface area contributed by atoms with Crippen LogP contribution in [0.15, 0.2) is 36.4 Å². The van der Waals surface area contributed by atoms with E-state index < -0.39 is 24.2 Å². The van der Waals surface area contributed by atoms with Crippen LogP contribution in [0.5, 0.6) is 5.75 Å². The fourth-order valence-corrected chi connectivity index (χ4v) is 4.03. The van der Waals surface area contributed by atoms with E-state index in [0.717, 1.165) is 18.4 Å². The first-order chi connectivity index (χ1) is 14.1. The van der Waals surface area contributed by atoms with Gasteiger partial charge in [-0.15, -0.1) is 0 Å². The van der Waals surface area contributed by atoms with Gasteiger partial charge in [0.2, 0.25) is 0 Å². The number of aryl methyl sites for hydroxylation is 1. The third-order valence-electron chi connectivity index (χ3n) is 5.69. The van der Waals surface area contributed by atoms with Gasteiger partial charge in [0.25, 0.3) is 0 Å². The van der Waals surface area contributed by atoms with E-state index in [4.69, 9.17) is 16.3 Å². The van der Waals surface area contributed by atoms with E-state index in [2.05, 4.69) is 0 Å². The molecule has 0 bridgehead atoms. The van der Waals surface area contributed by atoms with Crippen LogP contribution in [-0.4, -0.2) is 23.9 Å². The minimum atomic E-state index is -4.52. The molecule has 7 heteroatoms. The minimum absolute atomic E-state index is 0.0257. The molecule has 3 nitrogen and oxygen atoms in total. The van der Waals surface area contributed by atoms with Gasteiger partial charge >= 0.3 is 12.1 Å². The molecule has 0 aromatic heterocycles. The first-order valence-corrected chi connectivity index (χ1v) is 10.3. The fourth-order valence-electron chi connectivity index (χ4n) is 3.76. The van der Waals surface area contributed by atoms with E-state index in [-0.39, 0.29) is 10.8 Å². The number of benzene rings is 2. The van der Waals surface area contributed by atoms with Gasteiger partial charge in [-0.2, -0.15) is 13.2 Å². The standard InChI is InChI=1S/C23H24ClF3O3/c1-3-22(21(28)29,12-15-6-7-15)17-10-18(16-8-4-14(2)5-9-16)20(19(24)11-17)30-13-23(25,26)27/h4-5,8-11,15H,3,6-7,12-13H2,1-2H3,(H,28,29). The number of rotatable bonds is 8. The molecule has 0 heterocycles.